The number of hydrogen-bond donors (Lipinski definition) is 1. The first-order valence-corrected chi connectivity index (χ1v) is 5.94. The van der Waals surface area contributed by atoms with Crippen molar-refractivity contribution in [3.63, 3.8) is 0 Å². The molecule has 2 aromatic heterocycles. The second-order valence-electron chi connectivity index (χ2n) is 4.24. The molecule has 5 heteroatoms. The molecule has 0 spiro atoms. The van der Waals surface area contributed by atoms with Gasteiger partial charge in [-0.2, -0.15) is 4.98 Å². The van der Waals surface area contributed by atoms with E-state index in [0.717, 1.165) is 16.9 Å². The van der Waals surface area contributed by atoms with Crippen LogP contribution in [-0.2, 0) is 0 Å². The molecule has 0 bridgehead atoms. The topological polar surface area (TPSA) is 78.1 Å². The average molecular weight is 255 g/mol. The minimum atomic E-state index is -0.422. The van der Waals surface area contributed by atoms with Crippen LogP contribution in [0.1, 0.15) is 23.3 Å². The van der Waals surface area contributed by atoms with Crippen molar-refractivity contribution < 1.29 is 8.94 Å². The van der Waals surface area contributed by atoms with Crippen molar-refractivity contribution >= 4 is 0 Å². The van der Waals surface area contributed by atoms with E-state index in [1.165, 1.54) is 0 Å². The van der Waals surface area contributed by atoms with Gasteiger partial charge in [0.25, 0.3) is 0 Å². The Hall–Kier alpha value is -2.40. The van der Waals surface area contributed by atoms with Gasteiger partial charge in [0, 0.05) is 0 Å². The summed E-state index contributed by atoms with van der Waals surface area (Å²) < 4.78 is 10.5. The highest BCUT2D eigenvalue weighted by Crippen LogP contribution is 2.24. The maximum atomic E-state index is 6.10. The molecule has 0 saturated carbocycles. The molecule has 1 aromatic carbocycles. The highest BCUT2D eigenvalue weighted by molar-refractivity contribution is 5.56. The zero-order chi connectivity index (χ0) is 13.2. The molecule has 0 aliphatic rings. The smallest absolute Gasteiger partial charge is 0.248 e. The van der Waals surface area contributed by atoms with Gasteiger partial charge in [0.15, 0.2) is 0 Å². The number of aromatic nitrogens is 2. The second kappa shape index (κ2) is 4.70. The first-order valence-electron chi connectivity index (χ1n) is 5.94. The molecule has 0 aliphatic heterocycles. The Kier molecular flexibility index (Phi) is 2.89. The minimum absolute atomic E-state index is 0.391. The standard InChI is InChI=1S/C14H13N3O2/c1-9-11(7-8-18-9)13-16-14(19-17-13)12(15)10-5-3-2-4-6-10/h2-8,12H,15H2,1H3. The summed E-state index contributed by atoms with van der Waals surface area (Å²) in [5, 5.41) is 3.94. The number of nitrogens with zero attached hydrogens (tertiary/aromatic N) is 2. The molecule has 0 aliphatic carbocycles. The lowest BCUT2D eigenvalue weighted by molar-refractivity contribution is 0.367. The van der Waals surface area contributed by atoms with Crippen LogP contribution in [0.15, 0.2) is 51.6 Å². The first-order chi connectivity index (χ1) is 9.25. The molecule has 3 rings (SSSR count). The Morgan fingerprint density at radius 2 is 1.95 bits per heavy atom. The van der Waals surface area contributed by atoms with Gasteiger partial charge in [-0.25, -0.2) is 0 Å². The van der Waals surface area contributed by atoms with Gasteiger partial charge in [0.1, 0.15) is 11.8 Å². The van der Waals surface area contributed by atoms with Crippen LogP contribution >= 0.6 is 0 Å². The first kappa shape index (κ1) is 11.7. The van der Waals surface area contributed by atoms with E-state index >= 15 is 0 Å². The number of aryl methyl sites for hydroxylation is 1. The fraction of sp³-hybridized carbons (Fsp3) is 0.143. The van der Waals surface area contributed by atoms with E-state index in [1.807, 2.05) is 37.3 Å². The Morgan fingerprint density at radius 1 is 1.16 bits per heavy atom. The van der Waals surface area contributed by atoms with Crippen LogP contribution in [0.5, 0.6) is 0 Å². The van der Waals surface area contributed by atoms with Crippen molar-refractivity contribution in [2.45, 2.75) is 13.0 Å². The van der Waals surface area contributed by atoms with Crippen LogP contribution < -0.4 is 5.73 Å². The molecule has 19 heavy (non-hydrogen) atoms. The molecule has 3 aromatic rings. The van der Waals surface area contributed by atoms with Crippen molar-refractivity contribution in [3.8, 4) is 11.4 Å². The third-order valence-electron chi connectivity index (χ3n) is 2.97. The molecule has 0 saturated heterocycles. The zero-order valence-corrected chi connectivity index (χ0v) is 10.4. The SMILES string of the molecule is Cc1occc1-c1noc(C(N)c2ccccc2)n1. The predicted octanol–water partition coefficient (Wildman–Crippen LogP) is 2.69. The van der Waals surface area contributed by atoms with Gasteiger partial charge in [-0.15, -0.1) is 0 Å². The summed E-state index contributed by atoms with van der Waals surface area (Å²) in [6.07, 6.45) is 1.60. The molecule has 96 valence electrons. The van der Waals surface area contributed by atoms with E-state index in [1.54, 1.807) is 12.3 Å². The predicted molar refractivity (Wildman–Crippen MR) is 69.2 cm³/mol. The minimum Gasteiger partial charge on any atom is -0.469 e. The number of benzene rings is 1. The molecule has 1 unspecified atom stereocenters. The average Bonchev–Trinajstić information content (AvgIpc) is 3.07. The van der Waals surface area contributed by atoms with Crippen molar-refractivity contribution in [3.05, 3.63) is 59.9 Å². The Morgan fingerprint density at radius 3 is 2.63 bits per heavy atom. The van der Waals surface area contributed by atoms with Gasteiger partial charge < -0.3 is 14.7 Å². The second-order valence-corrected chi connectivity index (χ2v) is 4.24. The Bertz CT molecular complexity index is 673. The lowest BCUT2D eigenvalue weighted by Gasteiger charge is -2.05. The van der Waals surface area contributed by atoms with Crippen LogP contribution in [0, 0.1) is 6.92 Å². The van der Waals surface area contributed by atoms with Crippen LogP contribution in [-0.4, -0.2) is 10.1 Å². The van der Waals surface area contributed by atoms with Crippen molar-refractivity contribution in [1.29, 1.82) is 0 Å². The summed E-state index contributed by atoms with van der Waals surface area (Å²) in [4.78, 5) is 4.33. The molecule has 2 N–H and O–H groups in total. The van der Waals surface area contributed by atoms with Gasteiger partial charge in [-0.3, -0.25) is 0 Å². The van der Waals surface area contributed by atoms with Gasteiger partial charge in [-0.1, -0.05) is 35.5 Å². The normalized spacial score (nSPS) is 12.5. The van der Waals surface area contributed by atoms with Crippen LogP contribution in [0.2, 0.25) is 0 Å². The monoisotopic (exact) mass is 255 g/mol. The lowest BCUT2D eigenvalue weighted by atomic mass is 10.1. The number of furan rings is 1. The molecular formula is C14H13N3O2. The summed E-state index contributed by atoms with van der Waals surface area (Å²) in [7, 11) is 0. The summed E-state index contributed by atoms with van der Waals surface area (Å²) in [6.45, 7) is 1.85. The van der Waals surface area contributed by atoms with E-state index in [2.05, 4.69) is 10.1 Å². The van der Waals surface area contributed by atoms with Gasteiger partial charge in [0.05, 0.1) is 11.8 Å². The molecular weight excluding hydrogens is 242 g/mol. The fourth-order valence-corrected chi connectivity index (χ4v) is 1.89. The third kappa shape index (κ3) is 2.15. The van der Waals surface area contributed by atoms with Crippen molar-refractivity contribution in [2.75, 3.05) is 0 Å². The van der Waals surface area contributed by atoms with E-state index in [9.17, 15) is 0 Å². The quantitative estimate of drug-likeness (QED) is 0.778. The molecule has 0 fully saturated rings. The summed E-state index contributed by atoms with van der Waals surface area (Å²) in [6, 6.07) is 11.0. The van der Waals surface area contributed by atoms with E-state index in [-0.39, 0.29) is 0 Å². The molecule has 0 amide bonds. The van der Waals surface area contributed by atoms with E-state index in [0.29, 0.717) is 11.7 Å². The van der Waals surface area contributed by atoms with Crippen molar-refractivity contribution in [2.24, 2.45) is 5.73 Å². The molecule has 5 nitrogen and oxygen atoms in total. The van der Waals surface area contributed by atoms with E-state index < -0.39 is 6.04 Å². The zero-order valence-electron chi connectivity index (χ0n) is 10.4. The highest BCUT2D eigenvalue weighted by atomic mass is 16.5. The van der Waals surface area contributed by atoms with Crippen LogP contribution in [0.25, 0.3) is 11.4 Å². The fourth-order valence-electron chi connectivity index (χ4n) is 1.89. The lowest BCUT2D eigenvalue weighted by Crippen LogP contribution is -2.11. The van der Waals surface area contributed by atoms with Gasteiger partial charge in [0.2, 0.25) is 11.7 Å². The third-order valence-corrected chi connectivity index (χ3v) is 2.97. The largest absolute Gasteiger partial charge is 0.469 e. The maximum absolute atomic E-state index is 6.10. The molecule has 2 heterocycles. The summed E-state index contributed by atoms with van der Waals surface area (Å²) >= 11 is 0. The van der Waals surface area contributed by atoms with Gasteiger partial charge in [-0.05, 0) is 18.6 Å². The maximum Gasteiger partial charge on any atom is 0.248 e. The van der Waals surface area contributed by atoms with Crippen LogP contribution in [0.3, 0.4) is 0 Å². The summed E-state index contributed by atoms with van der Waals surface area (Å²) in [5.74, 6) is 1.63. The molecule has 1 atom stereocenters. The Balaban J connectivity index is 1.92. The van der Waals surface area contributed by atoms with Gasteiger partial charge >= 0.3 is 0 Å². The number of hydrogen-bond acceptors (Lipinski definition) is 5. The highest BCUT2D eigenvalue weighted by Gasteiger charge is 2.18. The van der Waals surface area contributed by atoms with E-state index in [4.69, 9.17) is 14.7 Å². The number of nitrogens with two attached hydrogens (primary N) is 1. The number of rotatable bonds is 3. The van der Waals surface area contributed by atoms with Crippen LogP contribution in [0.4, 0.5) is 0 Å². The summed E-state index contributed by atoms with van der Waals surface area (Å²) in [5.41, 5.74) is 7.85. The van der Waals surface area contributed by atoms with Crippen molar-refractivity contribution in [1.82, 2.24) is 10.1 Å². The molecule has 0 radical (unpaired) electrons. The Labute approximate surface area is 110 Å².